The number of carbonyl (C=O) groups is 1. The number of hydrogen-bond acceptors (Lipinski definition) is 5. The van der Waals surface area contributed by atoms with E-state index in [1.807, 2.05) is 48.5 Å². The summed E-state index contributed by atoms with van der Waals surface area (Å²) in [5.41, 5.74) is 3.28. The number of likely N-dealkylation sites (tertiary alicyclic amines) is 1. The monoisotopic (exact) mass is 363 g/mol. The van der Waals surface area contributed by atoms with Crippen molar-refractivity contribution in [2.75, 3.05) is 13.2 Å². The summed E-state index contributed by atoms with van der Waals surface area (Å²) in [6.07, 6.45) is 1.78. The highest BCUT2D eigenvalue weighted by Crippen LogP contribution is 2.32. The van der Waals surface area contributed by atoms with E-state index in [0.29, 0.717) is 23.9 Å². The fraction of sp³-hybridized carbons (Fsp3) is 0.286. The molecule has 2 heterocycles. The van der Waals surface area contributed by atoms with Crippen molar-refractivity contribution in [3.63, 3.8) is 0 Å². The summed E-state index contributed by atoms with van der Waals surface area (Å²) in [4.78, 5) is 14.7. The largest absolute Gasteiger partial charge is 0.421 e. The van der Waals surface area contributed by atoms with Crippen molar-refractivity contribution < 1.29 is 14.3 Å². The fourth-order valence-corrected chi connectivity index (χ4v) is 3.61. The Morgan fingerprint density at radius 3 is 2.74 bits per heavy atom. The quantitative estimate of drug-likeness (QED) is 0.769. The van der Waals surface area contributed by atoms with Gasteiger partial charge in [0.05, 0.1) is 12.6 Å². The summed E-state index contributed by atoms with van der Waals surface area (Å²) in [5, 5.41) is 17.5. The Labute approximate surface area is 157 Å². The average Bonchev–Trinajstić information content (AvgIpc) is 3.36. The summed E-state index contributed by atoms with van der Waals surface area (Å²) in [6, 6.07) is 15.2. The second-order valence-electron chi connectivity index (χ2n) is 6.73. The molecular weight excluding hydrogens is 342 g/mol. The van der Waals surface area contributed by atoms with Crippen LogP contribution < -0.4 is 0 Å². The van der Waals surface area contributed by atoms with E-state index < -0.39 is 0 Å². The third-order valence-electron chi connectivity index (χ3n) is 4.95. The minimum atomic E-state index is -0.0881. The van der Waals surface area contributed by atoms with E-state index in [-0.39, 0.29) is 18.6 Å². The summed E-state index contributed by atoms with van der Waals surface area (Å²) >= 11 is 0. The van der Waals surface area contributed by atoms with Crippen molar-refractivity contribution in [3.8, 4) is 22.6 Å². The van der Waals surface area contributed by atoms with E-state index in [9.17, 15) is 9.90 Å². The van der Waals surface area contributed by atoms with Crippen LogP contribution in [0, 0.1) is 6.92 Å². The standard InChI is InChI=1S/C21H21N3O3/c1-14-22-23-20(27-14)19-10-3-2-9-18(19)15-6-4-7-16(12-15)21(26)24-11-5-8-17(24)13-25/h2-4,6-7,9-10,12,17,25H,5,8,11,13H2,1H3/t17-/m0/s1. The van der Waals surface area contributed by atoms with Crippen molar-refractivity contribution in [2.24, 2.45) is 0 Å². The maximum absolute atomic E-state index is 12.9. The number of carbonyl (C=O) groups excluding carboxylic acids is 1. The van der Waals surface area contributed by atoms with Crippen molar-refractivity contribution in [2.45, 2.75) is 25.8 Å². The van der Waals surface area contributed by atoms with Crippen LogP contribution in [0.15, 0.2) is 52.9 Å². The van der Waals surface area contributed by atoms with Gasteiger partial charge in [0.1, 0.15) is 0 Å². The second kappa shape index (κ2) is 7.32. The molecule has 1 N–H and O–H groups in total. The van der Waals surface area contributed by atoms with Crippen molar-refractivity contribution in [1.82, 2.24) is 15.1 Å². The second-order valence-corrected chi connectivity index (χ2v) is 6.73. The Morgan fingerprint density at radius 1 is 1.19 bits per heavy atom. The van der Waals surface area contributed by atoms with Gasteiger partial charge < -0.3 is 14.4 Å². The fourth-order valence-electron chi connectivity index (χ4n) is 3.61. The van der Waals surface area contributed by atoms with Crippen LogP contribution in [0.1, 0.15) is 29.1 Å². The van der Waals surface area contributed by atoms with E-state index in [0.717, 1.165) is 29.5 Å². The van der Waals surface area contributed by atoms with Crippen LogP contribution in [0.4, 0.5) is 0 Å². The highest BCUT2D eigenvalue weighted by molar-refractivity contribution is 5.96. The van der Waals surface area contributed by atoms with Gasteiger partial charge in [-0.25, -0.2) is 0 Å². The molecule has 1 atom stereocenters. The third kappa shape index (κ3) is 3.36. The lowest BCUT2D eigenvalue weighted by Crippen LogP contribution is -2.37. The van der Waals surface area contributed by atoms with Crippen LogP contribution >= 0.6 is 0 Å². The number of amides is 1. The van der Waals surface area contributed by atoms with Gasteiger partial charge in [-0.3, -0.25) is 4.79 Å². The zero-order chi connectivity index (χ0) is 18.8. The SMILES string of the molecule is Cc1nnc(-c2ccccc2-c2cccc(C(=O)N3CCC[C@H]3CO)c2)o1. The van der Waals surface area contributed by atoms with Crippen molar-refractivity contribution in [3.05, 3.63) is 60.0 Å². The van der Waals surface area contributed by atoms with E-state index >= 15 is 0 Å². The Morgan fingerprint density at radius 2 is 2.00 bits per heavy atom. The maximum Gasteiger partial charge on any atom is 0.254 e. The first-order valence-electron chi connectivity index (χ1n) is 9.09. The van der Waals surface area contributed by atoms with Crippen LogP contribution in [0.5, 0.6) is 0 Å². The van der Waals surface area contributed by atoms with Gasteiger partial charge in [-0.1, -0.05) is 30.3 Å². The number of benzene rings is 2. The van der Waals surface area contributed by atoms with Crippen molar-refractivity contribution in [1.29, 1.82) is 0 Å². The predicted molar refractivity (Wildman–Crippen MR) is 101 cm³/mol. The highest BCUT2D eigenvalue weighted by Gasteiger charge is 2.29. The minimum absolute atomic E-state index is 0.00474. The van der Waals surface area contributed by atoms with Crippen LogP contribution in [0.2, 0.25) is 0 Å². The number of nitrogens with zero attached hydrogens (tertiary/aromatic N) is 3. The van der Waals surface area contributed by atoms with Gasteiger partial charge in [-0.05, 0) is 42.2 Å². The first-order valence-corrected chi connectivity index (χ1v) is 9.09. The molecule has 6 heteroatoms. The Balaban J connectivity index is 1.71. The number of rotatable bonds is 4. The van der Waals surface area contributed by atoms with Crippen LogP contribution in [0.25, 0.3) is 22.6 Å². The molecule has 0 bridgehead atoms. The molecule has 0 unspecified atom stereocenters. The molecule has 6 nitrogen and oxygen atoms in total. The zero-order valence-electron chi connectivity index (χ0n) is 15.1. The van der Waals surface area contributed by atoms with E-state index in [1.165, 1.54) is 0 Å². The summed E-state index contributed by atoms with van der Waals surface area (Å²) < 4.78 is 5.59. The lowest BCUT2D eigenvalue weighted by Gasteiger charge is -2.23. The van der Waals surface area contributed by atoms with Gasteiger partial charge in [0.15, 0.2) is 0 Å². The lowest BCUT2D eigenvalue weighted by molar-refractivity contribution is 0.0677. The first-order chi connectivity index (χ1) is 13.2. The van der Waals surface area contributed by atoms with E-state index in [2.05, 4.69) is 10.2 Å². The summed E-state index contributed by atoms with van der Waals surface area (Å²) in [7, 11) is 0. The van der Waals surface area contributed by atoms with Gasteiger partial charge in [0.2, 0.25) is 11.8 Å². The summed E-state index contributed by atoms with van der Waals surface area (Å²) in [6.45, 7) is 2.45. The molecule has 0 spiro atoms. The van der Waals surface area contributed by atoms with Crippen molar-refractivity contribution >= 4 is 5.91 Å². The predicted octanol–water partition coefficient (Wildman–Crippen LogP) is 3.31. The van der Waals surface area contributed by atoms with E-state index in [4.69, 9.17) is 4.42 Å². The van der Waals surface area contributed by atoms with Gasteiger partial charge in [0.25, 0.3) is 5.91 Å². The molecule has 1 aliphatic heterocycles. The molecule has 1 fully saturated rings. The van der Waals surface area contributed by atoms with Gasteiger partial charge in [-0.2, -0.15) is 0 Å². The molecule has 2 aromatic carbocycles. The van der Waals surface area contributed by atoms with Gasteiger partial charge in [-0.15, -0.1) is 10.2 Å². The molecule has 27 heavy (non-hydrogen) atoms. The summed E-state index contributed by atoms with van der Waals surface area (Å²) in [5.74, 6) is 0.923. The van der Waals surface area contributed by atoms with Gasteiger partial charge >= 0.3 is 0 Å². The smallest absolute Gasteiger partial charge is 0.254 e. The molecule has 1 saturated heterocycles. The molecule has 0 saturated carbocycles. The Hall–Kier alpha value is -2.99. The molecule has 138 valence electrons. The first kappa shape index (κ1) is 17.4. The van der Waals surface area contributed by atoms with Crippen LogP contribution in [-0.2, 0) is 0 Å². The number of aromatic nitrogens is 2. The van der Waals surface area contributed by atoms with Crippen LogP contribution in [-0.4, -0.2) is 45.3 Å². The number of hydrogen-bond donors (Lipinski definition) is 1. The third-order valence-corrected chi connectivity index (χ3v) is 4.95. The number of aliphatic hydroxyl groups excluding tert-OH is 1. The normalized spacial score (nSPS) is 16.7. The molecule has 0 radical (unpaired) electrons. The minimum Gasteiger partial charge on any atom is -0.421 e. The molecule has 4 rings (SSSR count). The molecule has 0 aliphatic carbocycles. The van der Waals surface area contributed by atoms with Gasteiger partial charge in [0, 0.05) is 24.6 Å². The van der Waals surface area contributed by atoms with E-state index in [1.54, 1.807) is 11.8 Å². The molecular formula is C21H21N3O3. The molecule has 1 amide bonds. The molecule has 3 aromatic rings. The Bertz CT molecular complexity index is 967. The number of aliphatic hydroxyl groups is 1. The average molecular weight is 363 g/mol. The van der Waals surface area contributed by atoms with Crippen LogP contribution in [0.3, 0.4) is 0 Å². The maximum atomic E-state index is 12.9. The number of aryl methyl sites for hydroxylation is 1. The molecule has 1 aromatic heterocycles. The topological polar surface area (TPSA) is 79.5 Å². The Kier molecular flexibility index (Phi) is 4.73. The molecule has 1 aliphatic rings. The lowest BCUT2D eigenvalue weighted by atomic mass is 9.97. The zero-order valence-corrected chi connectivity index (χ0v) is 15.1. The highest BCUT2D eigenvalue weighted by atomic mass is 16.4.